The summed E-state index contributed by atoms with van der Waals surface area (Å²) >= 11 is 1.39. The van der Waals surface area contributed by atoms with Crippen LogP contribution in [0.1, 0.15) is 41.9 Å². The van der Waals surface area contributed by atoms with E-state index in [0.717, 1.165) is 51.9 Å². The summed E-state index contributed by atoms with van der Waals surface area (Å²) in [6.45, 7) is 6.38. The molecule has 1 atom stereocenters. The number of pyridine rings is 1. The number of hydrogen-bond donors (Lipinski definition) is 1. The maximum atomic E-state index is 13.5. The first kappa shape index (κ1) is 22.4. The summed E-state index contributed by atoms with van der Waals surface area (Å²) in [6, 6.07) is 15.3. The summed E-state index contributed by atoms with van der Waals surface area (Å²) in [5, 5.41) is 4.07. The van der Waals surface area contributed by atoms with Gasteiger partial charge in [-0.05, 0) is 31.2 Å². The summed E-state index contributed by atoms with van der Waals surface area (Å²) in [4.78, 5) is 38.1. The Balaban J connectivity index is 1.43. The topological polar surface area (TPSA) is 84.4 Å². The molecule has 0 fully saturated rings. The Morgan fingerprint density at radius 1 is 1.09 bits per heavy atom. The quantitative estimate of drug-likeness (QED) is 0.404. The molecule has 0 radical (unpaired) electrons. The van der Waals surface area contributed by atoms with Crippen molar-refractivity contribution in [2.24, 2.45) is 0 Å². The van der Waals surface area contributed by atoms with E-state index in [1.54, 1.807) is 0 Å². The summed E-state index contributed by atoms with van der Waals surface area (Å²) in [5.74, 6) is -0.864. The molecule has 0 spiro atoms. The van der Waals surface area contributed by atoms with Crippen molar-refractivity contribution in [1.82, 2.24) is 14.9 Å². The van der Waals surface area contributed by atoms with Crippen molar-refractivity contribution in [1.29, 1.82) is 0 Å². The Kier molecular flexibility index (Phi) is 6.26. The van der Waals surface area contributed by atoms with E-state index in [9.17, 15) is 9.59 Å². The minimum atomic E-state index is -0.923. The normalized spacial score (nSPS) is 14.6. The second-order valence-corrected chi connectivity index (χ2v) is 9.36. The number of hydrogen-bond acceptors (Lipinski definition) is 7. The van der Waals surface area contributed by atoms with Crippen LogP contribution in [0.4, 0.5) is 5.13 Å². The van der Waals surface area contributed by atoms with Crippen molar-refractivity contribution in [2.75, 3.05) is 18.4 Å². The van der Waals surface area contributed by atoms with Crippen molar-refractivity contribution >= 4 is 49.5 Å². The van der Waals surface area contributed by atoms with Crippen molar-refractivity contribution in [3.63, 3.8) is 0 Å². The fourth-order valence-electron chi connectivity index (χ4n) is 4.37. The van der Waals surface area contributed by atoms with Gasteiger partial charge in [-0.2, -0.15) is 0 Å². The standard InChI is InChI=1S/C26H26N4O3S/c1-3-21(24(31)29-26-28-20-11-7-8-12-22(20)34-26)33-25(32)23-16-9-5-6-10-18(16)27-19-13-14-30(4-2)15-17(19)23/h5-12,21H,3-4,13-15H2,1-2H3,(H,28,29,31). The number of para-hydroxylation sites is 2. The lowest BCUT2D eigenvalue weighted by Gasteiger charge is -2.29. The van der Waals surface area contributed by atoms with E-state index in [1.807, 2.05) is 55.5 Å². The second kappa shape index (κ2) is 9.48. The summed E-state index contributed by atoms with van der Waals surface area (Å²) < 4.78 is 6.80. The minimum absolute atomic E-state index is 0.356. The monoisotopic (exact) mass is 474 g/mol. The van der Waals surface area contributed by atoms with Gasteiger partial charge in [-0.15, -0.1) is 0 Å². The third-order valence-corrected chi connectivity index (χ3v) is 7.17. The predicted molar refractivity (Wildman–Crippen MR) is 134 cm³/mol. The maximum Gasteiger partial charge on any atom is 0.340 e. The fraction of sp³-hybridized carbons (Fsp3) is 0.308. The van der Waals surface area contributed by atoms with Crippen molar-refractivity contribution in [2.45, 2.75) is 39.3 Å². The zero-order valence-corrected chi connectivity index (χ0v) is 20.0. The third-order valence-electron chi connectivity index (χ3n) is 6.21. The minimum Gasteiger partial charge on any atom is -0.449 e. The molecule has 0 saturated heterocycles. The Morgan fingerprint density at radius 2 is 1.85 bits per heavy atom. The van der Waals surface area contributed by atoms with E-state index in [-0.39, 0.29) is 5.91 Å². The molecule has 2 aromatic heterocycles. The van der Waals surface area contributed by atoms with Crippen molar-refractivity contribution < 1.29 is 14.3 Å². The molecular formula is C26H26N4O3S. The lowest BCUT2D eigenvalue weighted by atomic mass is 9.95. The number of aromatic nitrogens is 2. The second-order valence-electron chi connectivity index (χ2n) is 8.33. The van der Waals surface area contributed by atoms with E-state index in [4.69, 9.17) is 9.72 Å². The highest BCUT2D eigenvalue weighted by atomic mass is 32.1. The van der Waals surface area contributed by atoms with Gasteiger partial charge < -0.3 is 4.74 Å². The van der Waals surface area contributed by atoms with Crippen LogP contribution in [0, 0.1) is 0 Å². The Morgan fingerprint density at radius 3 is 2.62 bits per heavy atom. The number of anilines is 1. The number of ether oxygens (including phenoxy) is 1. The smallest absolute Gasteiger partial charge is 0.340 e. The van der Waals surface area contributed by atoms with Gasteiger partial charge in [0.15, 0.2) is 11.2 Å². The SMILES string of the molecule is CCC(OC(=O)c1c2c(nc3ccccc13)CCN(CC)C2)C(=O)Nc1nc2ccccc2s1. The number of rotatable bonds is 6. The highest BCUT2D eigenvalue weighted by Gasteiger charge is 2.29. The number of amides is 1. The first-order chi connectivity index (χ1) is 16.6. The number of carbonyl (C=O) groups is 2. The van der Waals surface area contributed by atoms with Crippen LogP contribution in [0.25, 0.3) is 21.1 Å². The van der Waals surface area contributed by atoms with Gasteiger partial charge in [0.05, 0.1) is 21.3 Å². The highest BCUT2D eigenvalue weighted by Crippen LogP contribution is 2.30. The largest absolute Gasteiger partial charge is 0.449 e. The van der Waals surface area contributed by atoms with Crippen LogP contribution in [-0.4, -0.2) is 45.9 Å². The lowest BCUT2D eigenvalue weighted by molar-refractivity contribution is -0.124. The van der Waals surface area contributed by atoms with Gasteiger partial charge in [0, 0.05) is 36.2 Å². The third kappa shape index (κ3) is 4.26. The van der Waals surface area contributed by atoms with Crippen molar-refractivity contribution in [3.05, 3.63) is 65.4 Å². The maximum absolute atomic E-state index is 13.5. The lowest BCUT2D eigenvalue weighted by Crippen LogP contribution is -2.35. The zero-order valence-electron chi connectivity index (χ0n) is 19.2. The number of carbonyl (C=O) groups excluding carboxylic acids is 2. The number of thiazole rings is 1. The van der Waals surface area contributed by atoms with Crippen LogP contribution in [0.5, 0.6) is 0 Å². The van der Waals surface area contributed by atoms with Crippen LogP contribution < -0.4 is 5.32 Å². The highest BCUT2D eigenvalue weighted by molar-refractivity contribution is 7.22. The molecule has 0 bridgehead atoms. The van der Waals surface area contributed by atoms with Crippen LogP contribution in [0.15, 0.2) is 48.5 Å². The Labute approximate surface area is 201 Å². The van der Waals surface area contributed by atoms with Gasteiger partial charge in [0.2, 0.25) is 0 Å². The molecule has 4 aromatic rings. The summed E-state index contributed by atoms with van der Waals surface area (Å²) in [5.41, 5.74) is 3.94. The average Bonchev–Trinajstić information content (AvgIpc) is 3.27. The molecule has 2 aromatic carbocycles. The summed E-state index contributed by atoms with van der Waals surface area (Å²) in [7, 11) is 0. The first-order valence-electron chi connectivity index (χ1n) is 11.6. The van der Waals surface area contributed by atoms with Crippen LogP contribution in [0.2, 0.25) is 0 Å². The predicted octanol–water partition coefficient (Wildman–Crippen LogP) is 4.80. The molecular weight excluding hydrogens is 448 g/mol. The molecule has 174 valence electrons. The number of benzene rings is 2. The van der Waals surface area contributed by atoms with E-state index in [0.29, 0.717) is 23.7 Å². The van der Waals surface area contributed by atoms with Gasteiger partial charge in [0.25, 0.3) is 5.91 Å². The fourth-order valence-corrected chi connectivity index (χ4v) is 5.24. The van der Waals surface area contributed by atoms with Crippen molar-refractivity contribution in [3.8, 4) is 0 Å². The van der Waals surface area contributed by atoms with E-state index < -0.39 is 12.1 Å². The summed E-state index contributed by atoms with van der Waals surface area (Å²) in [6.07, 6.45) is 0.214. The first-order valence-corrected chi connectivity index (χ1v) is 12.4. The number of nitrogens with zero attached hydrogens (tertiary/aromatic N) is 3. The Hall–Kier alpha value is -3.36. The molecule has 1 aliphatic heterocycles. The van der Waals surface area contributed by atoms with Gasteiger partial charge in [-0.3, -0.25) is 20.0 Å². The molecule has 1 N–H and O–H groups in total. The molecule has 0 saturated carbocycles. The van der Waals surface area contributed by atoms with Gasteiger partial charge in [0.1, 0.15) is 0 Å². The molecule has 1 amide bonds. The molecule has 7 nitrogen and oxygen atoms in total. The molecule has 1 aliphatic rings. The zero-order chi connectivity index (χ0) is 23.7. The number of fused-ring (bicyclic) bond motifs is 3. The Bertz CT molecular complexity index is 1350. The van der Waals surface area contributed by atoms with Crippen LogP contribution in [0.3, 0.4) is 0 Å². The van der Waals surface area contributed by atoms with Gasteiger partial charge in [-0.1, -0.05) is 55.5 Å². The number of esters is 1. The van der Waals surface area contributed by atoms with Crippen LogP contribution in [-0.2, 0) is 22.5 Å². The molecule has 3 heterocycles. The molecule has 1 unspecified atom stereocenters. The van der Waals surface area contributed by atoms with Crippen LogP contribution >= 0.6 is 11.3 Å². The molecule has 0 aliphatic carbocycles. The van der Waals surface area contributed by atoms with E-state index in [2.05, 4.69) is 22.1 Å². The number of likely N-dealkylation sites (N-methyl/N-ethyl adjacent to an activating group) is 1. The van der Waals surface area contributed by atoms with Gasteiger partial charge >= 0.3 is 5.97 Å². The van der Waals surface area contributed by atoms with E-state index >= 15 is 0 Å². The average molecular weight is 475 g/mol. The molecule has 34 heavy (non-hydrogen) atoms. The molecule has 8 heteroatoms. The number of nitrogens with one attached hydrogen (secondary N) is 1. The van der Waals surface area contributed by atoms with Gasteiger partial charge in [-0.25, -0.2) is 9.78 Å². The van der Waals surface area contributed by atoms with E-state index in [1.165, 1.54) is 11.3 Å². The molecule has 5 rings (SSSR count).